The molecule has 12 heavy (non-hydrogen) atoms. The molecular weight excluding hydrogens is 282 g/mol. The Morgan fingerprint density at radius 2 is 1.75 bits per heavy atom. The summed E-state index contributed by atoms with van der Waals surface area (Å²) in [4.78, 5) is 0. The van der Waals surface area contributed by atoms with E-state index in [2.05, 4.69) is 44.0 Å². The van der Waals surface area contributed by atoms with Gasteiger partial charge in [0.05, 0.1) is 0 Å². The van der Waals surface area contributed by atoms with Gasteiger partial charge >= 0.3 is 0 Å². The van der Waals surface area contributed by atoms with Crippen LogP contribution >= 0.6 is 31.9 Å². The number of hydrogen-bond donors (Lipinski definition) is 1. The van der Waals surface area contributed by atoms with Crippen LogP contribution in [0.2, 0.25) is 0 Å². The molecule has 0 radical (unpaired) electrons. The first kappa shape index (κ1) is 10.2. The van der Waals surface area contributed by atoms with Gasteiger partial charge in [0.15, 0.2) is 0 Å². The molecule has 0 bridgehead atoms. The summed E-state index contributed by atoms with van der Waals surface area (Å²) in [5.74, 6) is 0. The van der Waals surface area contributed by atoms with E-state index in [1.54, 1.807) is 0 Å². The fourth-order valence-electron chi connectivity index (χ4n) is 1.05. The molecule has 0 saturated heterocycles. The van der Waals surface area contributed by atoms with Crippen molar-refractivity contribution in [3.63, 3.8) is 0 Å². The maximum absolute atomic E-state index is 5.45. The molecule has 0 unspecified atom stereocenters. The van der Waals surface area contributed by atoms with Crippen molar-refractivity contribution in [2.75, 3.05) is 6.54 Å². The molecule has 0 aliphatic heterocycles. The summed E-state index contributed by atoms with van der Waals surface area (Å²) < 4.78 is 2.32. The second-order valence-electron chi connectivity index (χ2n) is 2.59. The molecule has 1 aromatic carbocycles. The monoisotopic (exact) mass is 291 g/mol. The lowest BCUT2D eigenvalue weighted by Gasteiger charge is -2.05. The fourth-order valence-corrected chi connectivity index (χ4v) is 2.44. The summed E-state index contributed by atoms with van der Waals surface area (Å²) in [6.45, 7) is 0.744. The molecule has 0 atom stereocenters. The zero-order valence-corrected chi connectivity index (χ0v) is 9.86. The van der Waals surface area contributed by atoms with Crippen LogP contribution in [-0.4, -0.2) is 6.54 Å². The van der Waals surface area contributed by atoms with E-state index in [4.69, 9.17) is 5.73 Å². The van der Waals surface area contributed by atoms with Gasteiger partial charge in [0, 0.05) is 8.95 Å². The van der Waals surface area contributed by atoms with Gasteiger partial charge in [-0.3, -0.25) is 0 Å². The summed E-state index contributed by atoms with van der Waals surface area (Å²) >= 11 is 7.01. The predicted octanol–water partition coefficient (Wildman–Crippen LogP) is 3.10. The van der Waals surface area contributed by atoms with Crippen LogP contribution in [0.3, 0.4) is 0 Å². The van der Waals surface area contributed by atoms with Crippen LogP contribution in [0, 0.1) is 0 Å². The Kier molecular flexibility index (Phi) is 4.26. The van der Waals surface area contributed by atoms with E-state index in [9.17, 15) is 0 Å². The van der Waals surface area contributed by atoms with E-state index >= 15 is 0 Å². The second kappa shape index (κ2) is 5.00. The third-order valence-corrected chi connectivity index (χ3v) is 3.18. The molecule has 0 amide bonds. The number of halogens is 2. The van der Waals surface area contributed by atoms with Gasteiger partial charge in [0.2, 0.25) is 0 Å². The largest absolute Gasteiger partial charge is 0.330 e. The summed E-state index contributed by atoms with van der Waals surface area (Å²) in [7, 11) is 0. The zero-order valence-electron chi connectivity index (χ0n) is 6.69. The predicted molar refractivity (Wildman–Crippen MR) is 59.2 cm³/mol. The van der Waals surface area contributed by atoms with Crippen LogP contribution in [0.25, 0.3) is 0 Å². The van der Waals surface area contributed by atoms with Crippen molar-refractivity contribution in [3.05, 3.63) is 32.7 Å². The lowest BCUT2D eigenvalue weighted by Crippen LogP contribution is -2.01. The van der Waals surface area contributed by atoms with Crippen molar-refractivity contribution in [2.45, 2.75) is 12.8 Å². The van der Waals surface area contributed by atoms with Crippen LogP contribution in [0.15, 0.2) is 27.1 Å². The lowest BCUT2D eigenvalue weighted by molar-refractivity contribution is 0.827. The van der Waals surface area contributed by atoms with Crippen LogP contribution in [-0.2, 0) is 6.42 Å². The van der Waals surface area contributed by atoms with E-state index < -0.39 is 0 Å². The van der Waals surface area contributed by atoms with Crippen molar-refractivity contribution in [3.8, 4) is 0 Å². The van der Waals surface area contributed by atoms with Crippen molar-refractivity contribution in [1.29, 1.82) is 0 Å². The topological polar surface area (TPSA) is 26.0 Å². The Bertz CT molecular complexity index is 240. The molecule has 0 heterocycles. The lowest BCUT2D eigenvalue weighted by atomic mass is 10.1. The van der Waals surface area contributed by atoms with Crippen molar-refractivity contribution < 1.29 is 0 Å². The standard InChI is InChI=1S/C9H11Br2N/c10-8-4-1-5-9(11)7(8)3-2-6-12/h1,4-5H,2-3,6,12H2. The van der Waals surface area contributed by atoms with Crippen molar-refractivity contribution in [1.82, 2.24) is 0 Å². The number of nitrogens with two attached hydrogens (primary N) is 1. The molecule has 2 N–H and O–H groups in total. The molecule has 3 heteroatoms. The van der Waals surface area contributed by atoms with Crippen LogP contribution in [0.4, 0.5) is 0 Å². The van der Waals surface area contributed by atoms with Gasteiger partial charge in [-0.2, -0.15) is 0 Å². The molecule has 0 aliphatic carbocycles. The molecule has 0 fully saturated rings. The molecule has 0 aromatic heterocycles. The van der Waals surface area contributed by atoms with Gasteiger partial charge < -0.3 is 5.73 Å². The van der Waals surface area contributed by atoms with Gasteiger partial charge in [-0.25, -0.2) is 0 Å². The molecule has 66 valence electrons. The highest BCUT2D eigenvalue weighted by molar-refractivity contribution is 9.11. The average Bonchev–Trinajstić information content (AvgIpc) is 2.04. The third-order valence-electron chi connectivity index (χ3n) is 1.69. The first-order valence-electron chi connectivity index (χ1n) is 3.88. The van der Waals surface area contributed by atoms with Crippen molar-refractivity contribution in [2.24, 2.45) is 5.73 Å². The van der Waals surface area contributed by atoms with E-state index in [0.717, 1.165) is 28.3 Å². The molecular formula is C9H11Br2N. The van der Waals surface area contributed by atoms with Crippen LogP contribution in [0.5, 0.6) is 0 Å². The molecule has 1 rings (SSSR count). The van der Waals surface area contributed by atoms with E-state index in [-0.39, 0.29) is 0 Å². The highest BCUT2D eigenvalue weighted by atomic mass is 79.9. The van der Waals surface area contributed by atoms with E-state index in [1.165, 1.54) is 5.56 Å². The molecule has 0 aliphatic rings. The average molecular weight is 293 g/mol. The van der Waals surface area contributed by atoms with Gasteiger partial charge in [-0.1, -0.05) is 37.9 Å². The summed E-state index contributed by atoms with van der Waals surface area (Å²) in [6, 6.07) is 6.12. The Balaban J connectivity index is 2.81. The Labute approximate surface area is 89.6 Å². The smallest absolute Gasteiger partial charge is 0.0218 e. The zero-order chi connectivity index (χ0) is 8.97. The number of benzene rings is 1. The van der Waals surface area contributed by atoms with Gasteiger partial charge in [0.1, 0.15) is 0 Å². The first-order chi connectivity index (χ1) is 5.75. The SMILES string of the molecule is NCCCc1c(Br)cccc1Br. The number of rotatable bonds is 3. The highest BCUT2D eigenvalue weighted by Gasteiger charge is 2.02. The second-order valence-corrected chi connectivity index (χ2v) is 4.30. The minimum absolute atomic E-state index is 0.744. The quantitative estimate of drug-likeness (QED) is 0.910. The minimum atomic E-state index is 0.744. The fraction of sp³-hybridized carbons (Fsp3) is 0.333. The molecule has 0 spiro atoms. The van der Waals surface area contributed by atoms with E-state index in [0.29, 0.717) is 0 Å². The Hall–Kier alpha value is 0.140. The summed E-state index contributed by atoms with van der Waals surface area (Å²) in [5, 5.41) is 0. The highest BCUT2D eigenvalue weighted by Crippen LogP contribution is 2.25. The Morgan fingerprint density at radius 1 is 1.17 bits per heavy atom. The van der Waals surface area contributed by atoms with Gasteiger partial charge in [0.25, 0.3) is 0 Å². The van der Waals surface area contributed by atoms with Crippen molar-refractivity contribution >= 4 is 31.9 Å². The third kappa shape index (κ3) is 2.57. The van der Waals surface area contributed by atoms with Gasteiger partial charge in [-0.15, -0.1) is 0 Å². The normalized spacial score (nSPS) is 10.2. The maximum Gasteiger partial charge on any atom is 0.0218 e. The van der Waals surface area contributed by atoms with E-state index in [1.807, 2.05) is 6.07 Å². The summed E-state index contributed by atoms with van der Waals surface area (Å²) in [6.07, 6.45) is 2.06. The van der Waals surface area contributed by atoms with Crippen LogP contribution in [0.1, 0.15) is 12.0 Å². The molecule has 1 aromatic rings. The van der Waals surface area contributed by atoms with Crippen LogP contribution < -0.4 is 5.73 Å². The minimum Gasteiger partial charge on any atom is -0.330 e. The molecule has 1 nitrogen and oxygen atoms in total. The Morgan fingerprint density at radius 3 is 2.25 bits per heavy atom. The number of hydrogen-bond acceptors (Lipinski definition) is 1. The summed E-state index contributed by atoms with van der Waals surface area (Å²) in [5.41, 5.74) is 6.75. The first-order valence-corrected chi connectivity index (χ1v) is 5.47. The van der Waals surface area contributed by atoms with Gasteiger partial charge in [-0.05, 0) is 37.1 Å². The molecule has 0 saturated carbocycles. The maximum atomic E-state index is 5.45.